The molecule has 2 aliphatic rings. The molecular weight excluding hydrogens is 422 g/mol. The van der Waals surface area contributed by atoms with Crippen LogP contribution in [-0.4, -0.2) is 134 Å². The van der Waals surface area contributed by atoms with Crippen molar-refractivity contribution < 1.29 is 59.8 Å². The van der Waals surface area contributed by atoms with E-state index in [9.17, 15) is 40.9 Å². The summed E-state index contributed by atoms with van der Waals surface area (Å²) in [5.41, 5.74) is 5.78. The van der Waals surface area contributed by atoms with Crippen molar-refractivity contribution in [2.24, 2.45) is 5.73 Å². The molecule has 2 saturated heterocycles. The van der Waals surface area contributed by atoms with Crippen LogP contribution in [0.5, 0.6) is 0 Å². The Morgan fingerprint density at radius 3 is 2.03 bits per heavy atom. The van der Waals surface area contributed by atoms with Gasteiger partial charge < -0.3 is 65.5 Å². The second-order valence-corrected chi connectivity index (χ2v) is 7.52. The van der Waals surface area contributed by atoms with Gasteiger partial charge in [-0.2, -0.15) is 0 Å². The molecule has 12 atom stereocenters. The molecule has 0 aliphatic carbocycles. The molecule has 13 heteroatoms. The van der Waals surface area contributed by atoms with Gasteiger partial charge in [-0.15, -0.1) is 0 Å². The Morgan fingerprint density at radius 2 is 1.45 bits per heavy atom. The molecule has 0 amide bonds. The van der Waals surface area contributed by atoms with E-state index in [1.807, 2.05) is 0 Å². The summed E-state index contributed by atoms with van der Waals surface area (Å²) in [7, 11) is 0. The maximum atomic E-state index is 10.5. The molecule has 6 unspecified atom stereocenters. The van der Waals surface area contributed by atoms with Crippen molar-refractivity contribution in [1.29, 1.82) is 0 Å². The highest BCUT2D eigenvalue weighted by Gasteiger charge is 2.50. The van der Waals surface area contributed by atoms with Gasteiger partial charge >= 0.3 is 0 Å². The van der Waals surface area contributed by atoms with Gasteiger partial charge in [0.1, 0.15) is 48.8 Å². The van der Waals surface area contributed by atoms with Crippen LogP contribution < -0.4 is 5.73 Å². The summed E-state index contributed by atoms with van der Waals surface area (Å²) in [5.74, 6) is 0. The summed E-state index contributed by atoms with van der Waals surface area (Å²) in [6.45, 7) is 0.0910. The molecular formula is C18H33NO12. The highest BCUT2D eigenvalue weighted by Crippen LogP contribution is 2.29. The molecule has 2 fully saturated rings. The Hall–Kier alpha value is -0.780. The van der Waals surface area contributed by atoms with E-state index >= 15 is 0 Å². The lowest BCUT2D eigenvalue weighted by Gasteiger charge is -2.46. The SMILES string of the molecule is C/C=C\[C@@H](O)[C@@H](N)CO[C@@H]1OC(CO)[C@@H](O[C@@H]2OC(CO)[C@H](O)C(O)C2O)C(O)C1O. The number of allylic oxidation sites excluding steroid dienone is 1. The third-order valence-corrected chi connectivity index (χ3v) is 5.24. The minimum Gasteiger partial charge on any atom is -0.394 e. The van der Waals surface area contributed by atoms with Crippen LogP contribution >= 0.6 is 0 Å². The van der Waals surface area contributed by atoms with Crippen LogP contribution in [0.15, 0.2) is 12.2 Å². The summed E-state index contributed by atoms with van der Waals surface area (Å²) in [5, 5.41) is 79.3. The number of hydrogen-bond donors (Lipinski definition) is 9. The molecule has 2 heterocycles. The molecule has 0 radical (unpaired) electrons. The zero-order chi connectivity index (χ0) is 23.3. The molecule has 31 heavy (non-hydrogen) atoms. The Balaban J connectivity index is 2.03. The lowest BCUT2D eigenvalue weighted by Crippen LogP contribution is -2.64. The number of ether oxygens (including phenoxy) is 4. The van der Waals surface area contributed by atoms with Gasteiger partial charge in [0, 0.05) is 0 Å². The molecule has 0 spiro atoms. The second-order valence-electron chi connectivity index (χ2n) is 7.52. The van der Waals surface area contributed by atoms with Gasteiger partial charge in [-0.3, -0.25) is 0 Å². The van der Waals surface area contributed by atoms with Gasteiger partial charge in [-0.05, 0) is 6.92 Å². The fraction of sp³-hybridized carbons (Fsp3) is 0.889. The fourth-order valence-corrected chi connectivity index (χ4v) is 3.34. The molecule has 0 saturated carbocycles. The number of hydrogen-bond acceptors (Lipinski definition) is 13. The predicted molar refractivity (Wildman–Crippen MR) is 101 cm³/mol. The summed E-state index contributed by atoms with van der Waals surface area (Å²) in [4.78, 5) is 0. The average Bonchev–Trinajstić information content (AvgIpc) is 2.76. The highest BCUT2D eigenvalue weighted by molar-refractivity contribution is 4.95. The van der Waals surface area contributed by atoms with Gasteiger partial charge in [-0.25, -0.2) is 0 Å². The molecule has 10 N–H and O–H groups in total. The van der Waals surface area contributed by atoms with Gasteiger partial charge in [-0.1, -0.05) is 12.2 Å². The Labute approximate surface area is 178 Å². The van der Waals surface area contributed by atoms with Crippen molar-refractivity contribution in [3.05, 3.63) is 12.2 Å². The topological polar surface area (TPSA) is 225 Å². The van der Waals surface area contributed by atoms with Crippen LogP contribution in [0.2, 0.25) is 0 Å². The molecule has 182 valence electrons. The first-order chi connectivity index (χ1) is 14.7. The van der Waals surface area contributed by atoms with Gasteiger partial charge in [0.15, 0.2) is 12.6 Å². The molecule has 13 nitrogen and oxygen atoms in total. The molecule has 0 aromatic rings. The van der Waals surface area contributed by atoms with Crippen LogP contribution in [0, 0.1) is 0 Å². The second kappa shape index (κ2) is 11.9. The van der Waals surface area contributed by atoms with Crippen molar-refractivity contribution in [3.63, 3.8) is 0 Å². The van der Waals surface area contributed by atoms with Crippen LogP contribution in [0.1, 0.15) is 6.92 Å². The van der Waals surface area contributed by atoms with Crippen molar-refractivity contribution in [3.8, 4) is 0 Å². The van der Waals surface area contributed by atoms with E-state index in [1.54, 1.807) is 13.0 Å². The Morgan fingerprint density at radius 1 is 0.871 bits per heavy atom. The van der Waals surface area contributed by atoms with Crippen LogP contribution in [-0.2, 0) is 18.9 Å². The number of rotatable bonds is 9. The smallest absolute Gasteiger partial charge is 0.187 e. The van der Waals surface area contributed by atoms with Gasteiger partial charge in [0.25, 0.3) is 0 Å². The Bertz CT molecular complexity index is 564. The first-order valence-corrected chi connectivity index (χ1v) is 9.92. The van der Waals surface area contributed by atoms with Crippen molar-refractivity contribution >= 4 is 0 Å². The van der Waals surface area contributed by atoms with E-state index in [4.69, 9.17) is 24.7 Å². The van der Waals surface area contributed by atoms with E-state index < -0.39 is 86.8 Å². The molecule has 0 aromatic carbocycles. The van der Waals surface area contributed by atoms with E-state index in [2.05, 4.69) is 0 Å². The summed E-state index contributed by atoms with van der Waals surface area (Å²) < 4.78 is 21.5. The molecule has 0 aromatic heterocycles. The minimum atomic E-state index is -1.75. The quantitative estimate of drug-likeness (QED) is 0.148. The van der Waals surface area contributed by atoms with Crippen molar-refractivity contribution in [1.82, 2.24) is 0 Å². The normalized spacial score (nSPS) is 43.8. The largest absolute Gasteiger partial charge is 0.394 e. The monoisotopic (exact) mass is 455 g/mol. The van der Waals surface area contributed by atoms with E-state index in [0.717, 1.165) is 0 Å². The fourth-order valence-electron chi connectivity index (χ4n) is 3.34. The number of nitrogens with two attached hydrogens (primary N) is 1. The lowest BCUT2D eigenvalue weighted by molar-refractivity contribution is -0.359. The standard InChI is InChI=1S/C18H33NO12/c1-2-3-8(22)7(19)6-28-17-15(27)13(25)16(10(5-21)30-17)31-18-14(26)12(24)11(23)9(4-20)29-18/h2-3,7-18,20-27H,4-6,19H2,1H3/b3-2-/t7-,8+,9?,10?,11-,12?,13?,14?,15?,16+,17+,18-/m0/s1. The third kappa shape index (κ3) is 6.17. The average molecular weight is 455 g/mol. The van der Waals surface area contributed by atoms with E-state index in [-0.39, 0.29) is 6.61 Å². The highest BCUT2D eigenvalue weighted by atomic mass is 16.7. The van der Waals surface area contributed by atoms with E-state index in [0.29, 0.717) is 0 Å². The zero-order valence-electron chi connectivity index (χ0n) is 17.0. The Kier molecular flexibility index (Phi) is 10.2. The van der Waals surface area contributed by atoms with Crippen LogP contribution in [0.4, 0.5) is 0 Å². The maximum Gasteiger partial charge on any atom is 0.187 e. The first kappa shape index (κ1) is 26.5. The summed E-state index contributed by atoms with van der Waals surface area (Å²) in [6.07, 6.45) is -13.3. The van der Waals surface area contributed by atoms with Crippen molar-refractivity contribution in [2.75, 3.05) is 19.8 Å². The zero-order valence-corrected chi connectivity index (χ0v) is 17.0. The first-order valence-electron chi connectivity index (χ1n) is 9.92. The third-order valence-electron chi connectivity index (χ3n) is 5.24. The van der Waals surface area contributed by atoms with E-state index in [1.165, 1.54) is 6.08 Å². The molecule has 0 bridgehead atoms. The molecule has 2 aliphatic heterocycles. The van der Waals surface area contributed by atoms with Crippen molar-refractivity contribution in [2.45, 2.75) is 80.5 Å². The lowest BCUT2D eigenvalue weighted by atomic mass is 9.97. The number of aliphatic hydroxyl groups excluding tert-OH is 8. The minimum absolute atomic E-state index is 0.240. The summed E-state index contributed by atoms with van der Waals surface area (Å²) >= 11 is 0. The van der Waals surface area contributed by atoms with Gasteiger partial charge in [0.05, 0.1) is 32.0 Å². The maximum absolute atomic E-state index is 10.5. The van der Waals surface area contributed by atoms with Crippen LogP contribution in [0.25, 0.3) is 0 Å². The van der Waals surface area contributed by atoms with Crippen LogP contribution in [0.3, 0.4) is 0 Å². The molecule has 2 rings (SSSR count). The summed E-state index contributed by atoms with van der Waals surface area (Å²) in [6, 6.07) is -0.847. The van der Waals surface area contributed by atoms with Gasteiger partial charge in [0.2, 0.25) is 0 Å². The predicted octanol–water partition coefficient (Wildman–Crippen LogP) is -5.11. The number of aliphatic hydroxyl groups is 8.